The zero-order chi connectivity index (χ0) is 14.0. The number of nitrogens with one attached hydrogen (secondary N) is 1. The predicted octanol–water partition coefficient (Wildman–Crippen LogP) is 2.06. The number of rotatable bonds is 4. The molecule has 1 unspecified atom stereocenters. The maximum atomic E-state index is 11.9. The zero-order valence-corrected chi connectivity index (χ0v) is 13.5. The lowest BCUT2D eigenvalue weighted by Crippen LogP contribution is -2.35. The minimum absolute atomic E-state index is 0.162. The smallest absolute Gasteiger partial charge is 0.274 e. The van der Waals surface area contributed by atoms with E-state index in [1.807, 2.05) is 6.92 Å². The van der Waals surface area contributed by atoms with E-state index in [1.54, 1.807) is 6.07 Å². The van der Waals surface area contributed by atoms with Crippen molar-refractivity contribution in [2.24, 2.45) is 0 Å². The van der Waals surface area contributed by atoms with Crippen molar-refractivity contribution in [1.82, 2.24) is 4.72 Å². The van der Waals surface area contributed by atoms with Crippen LogP contribution in [-0.2, 0) is 14.8 Å². The van der Waals surface area contributed by atoms with Gasteiger partial charge in [-0.3, -0.25) is 4.79 Å². The second-order valence-electron chi connectivity index (χ2n) is 4.36. The number of aryl methyl sites for hydroxylation is 1. The van der Waals surface area contributed by atoms with Gasteiger partial charge >= 0.3 is 0 Å². The maximum absolute atomic E-state index is 11.9. The highest BCUT2D eigenvalue weighted by molar-refractivity contribution is 9.10. The summed E-state index contributed by atoms with van der Waals surface area (Å²) < 4.78 is 31.8. The van der Waals surface area contributed by atoms with Crippen LogP contribution in [0.25, 0.3) is 0 Å². The van der Waals surface area contributed by atoms with Gasteiger partial charge in [0.1, 0.15) is 0 Å². The van der Waals surface area contributed by atoms with E-state index < -0.39 is 15.9 Å². The third-order valence-electron chi connectivity index (χ3n) is 2.76. The molecule has 2 rings (SSSR count). The largest absolute Gasteiger partial charge is 0.377 e. The minimum atomic E-state index is -3.65. The molecule has 0 spiro atoms. The topological polar surface area (TPSA) is 72.5 Å². The molecule has 1 aliphatic heterocycles. The van der Waals surface area contributed by atoms with Crippen LogP contribution in [0.3, 0.4) is 0 Å². The highest BCUT2D eigenvalue weighted by Crippen LogP contribution is 2.26. The highest BCUT2D eigenvalue weighted by atomic mass is 79.9. The van der Waals surface area contributed by atoms with Crippen LogP contribution in [0.5, 0.6) is 0 Å². The zero-order valence-electron chi connectivity index (χ0n) is 10.3. The molecule has 19 heavy (non-hydrogen) atoms. The van der Waals surface area contributed by atoms with Crippen LogP contribution in [0, 0.1) is 6.92 Å². The van der Waals surface area contributed by atoms with Gasteiger partial charge in [0, 0.05) is 16.0 Å². The van der Waals surface area contributed by atoms with Crippen molar-refractivity contribution in [3.05, 3.63) is 20.3 Å². The quantitative estimate of drug-likeness (QED) is 0.883. The molecule has 106 valence electrons. The predicted molar refractivity (Wildman–Crippen MR) is 77.0 cm³/mol. The molecule has 1 fully saturated rings. The first-order valence-corrected chi connectivity index (χ1v) is 9.06. The summed E-state index contributed by atoms with van der Waals surface area (Å²) in [6.07, 6.45) is 1.28. The summed E-state index contributed by atoms with van der Waals surface area (Å²) in [5.74, 6) is -0.749. The van der Waals surface area contributed by atoms with Gasteiger partial charge in [0.05, 0.1) is 16.7 Å². The first-order chi connectivity index (χ1) is 8.87. The summed E-state index contributed by atoms with van der Waals surface area (Å²) in [6, 6.07) is 1.62. The van der Waals surface area contributed by atoms with Crippen molar-refractivity contribution >= 4 is 43.2 Å². The van der Waals surface area contributed by atoms with Crippen molar-refractivity contribution in [3.8, 4) is 0 Å². The van der Waals surface area contributed by atoms with Crippen LogP contribution in [0.4, 0.5) is 0 Å². The molecule has 1 aromatic heterocycles. The van der Waals surface area contributed by atoms with Gasteiger partial charge < -0.3 is 4.74 Å². The van der Waals surface area contributed by atoms with Crippen LogP contribution < -0.4 is 4.72 Å². The molecule has 0 aromatic carbocycles. The van der Waals surface area contributed by atoms with E-state index >= 15 is 0 Å². The molecule has 1 aliphatic rings. The van der Waals surface area contributed by atoms with Gasteiger partial charge in [-0.2, -0.15) is 0 Å². The van der Waals surface area contributed by atoms with Gasteiger partial charge in [0.25, 0.3) is 5.91 Å². The molecule has 1 saturated heterocycles. The number of carbonyl (C=O) groups excluding carboxylic acids is 1. The number of halogens is 1. The van der Waals surface area contributed by atoms with E-state index in [0.29, 0.717) is 11.5 Å². The summed E-state index contributed by atoms with van der Waals surface area (Å²) in [4.78, 5) is 13.2. The number of carbonyl (C=O) groups is 1. The molecule has 0 saturated carbocycles. The summed E-state index contributed by atoms with van der Waals surface area (Å²) >= 11 is 4.55. The van der Waals surface area contributed by atoms with Crippen molar-refractivity contribution in [2.45, 2.75) is 25.9 Å². The van der Waals surface area contributed by atoms with E-state index in [1.165, 1.54) is 11.3 Å². The van der Waals surface area contributed by atoms with E-state index in [-0.39, 0.29) is 11.9 Å². The molecular weight excluding hydrogens is 354 g/mol. The number of hydrogen-bond acceptors (Lipinski definition) is 5. The monoisotopic (exact) mass is 367 g/mol. The van der Waals surface area contributed by atoms with Gasteiger partial charge in [0.2, 0.25) is 10.0 Å². The molecule has 0 aliphatic carbocycles. The minimum Gasteiger partial charge on any atom is -0.377 e. The Kier molecular flexibility index (Phi) is 4.65. The fourth-order valence-electron chi connectivity index (χ4n) is 1.83. The molecular formula is C11H14BrNO4S2. The lowest BCUT2D eigenvalue weighted by molar-refractivity contribution is 0.0983. The lowest BCUT2D eigenvalue weighted by atomic mass is 10.3. The normalized spacial score (nSPS) is 19.6. The van der Waals surface area contributed by atoms with Crippen molar-refractivity contribution in [2.75, 3.05) is 12.4 Å². The third-order valence-corrected chi connectivity index (χ3v) is 6.20. The molecule has 1 N–H and O–H groups in total. The second kappa shape index (κ2) is 5.90. The van der Waals surface area contributed by atoms with Gasteiger partial charge in [-0.15, -0.1) is 11.3 Å². The molecule has 8 heteroatoms. The summed E-state index contributed by atoms with van der Waals surface area (Å²) in [6.45, 7) is 2.44. The van der Waals surface area contributed by atoms with Gasteiger partial charge in [0.15, 0.2) is 0 Å². The first kappa shape index (κ1) is 15.0. The standard InChI is InChI=1S/C11H14BrNO4S2/c1-7-9(12)5-10(18-7)11(14)13-19(15,16)6-8-3-2-4-17-8/h5,8H,2-4,6H2,1H3,(H,13,14). The van der Waals surface area contributed by atoms with Crippen molar-refractivity contribution < 1.29 is 17.9 Å². The van der Waals surface area contributed by atoms with Crippen LogP contribution in [-0.4, -0.2) is 32.8 Å². The van der Waals surface area contributed by atoms with E-state index in [9.17, 15) is 13.2 Å². The lowest BCUT2D eigenvalue weighted by Gasteiger charge is -2.10. The maximum Gasteiger partial charge on any atom is 0.274 e. The Balaban J connectivity index is 2.00. The Morgan fingerprint density at radius 3 is 2.89 bits per heavy atom. The Hall–Kier alpha value is -0.440. The molecule has 5 nitrogen and oxygen atoms in total. The summed E-state index contributed by atoms with van der Waals surface area (Å²) in [5.41, 5.74) is 0. The van der Waals surface area contributed by atoms with E-state index in [0.717, 1.165) is 22.2 Å². The third kappa shape index (κ3) is 4.01. The van der Waals surface area contributed by atoms with E-state index in [2.05, 4.69) is 20.7 Å². The fourth-order valence-corrected chi connectivity index (χ4v) is 4.55. The fraction of sp³-hybridized carbons (Fsp3) is 0.545. The molecule has 1 atom stereocenters. The van der Waals surface area contributed by atoms with Crippen molar-refractivity contribution in [1.29, 1.82) is 0 Å². The Labute approximate surface area is 124 Å². The summed E-state index contributed by atoms with van der Waals surface area (Å²) in [7, 11) is -3.65. The average molecular weight is 368 g/mol. The Bertz CT molecular complexity index is 556. The van der Waals surface area contributed by atoms with Crippen LogP contribution in [0.1, 0.15) is 27.4 Å². The molecule has 2 heterocycles. The second-order valence-corrected chi connectivity index (χ2v) is 8.24. The van der Waals surface area contributed by atoms with Gasteiger partial charge in [-0.25, -0.2) is 13.1 Å². The van der Waals surface area contributed by atoms with E-state index in [4.69, 9.17) is 4.74 Å². The Morgan fingerprint density at radius 1 is 1.63 bits per heavy atom. The van der Waals surface area contributed by atoms with Gasteiger partial charge in [-0.05, 0) is 41.8 Å². The number of hydrogen-bond donors (Lipinski definition) is 1. The SMILES string of the molecule is Cc1sc(C(=O)NS(=O)(=O)CC2CCCO2)cc1Br. The van der Waals surface area contributed by atoms with Crippen LogP contribution in [0.15, 0.2) is 10.5 Å². The number of ether oxygens (including phenoxy) is 1. The van der Waals surface area contributed by atoms with Crippen molar-refractivity contribution in [3.63, 3.8) is 0 Å². The first-order valence-electron chi connectivity index (χ1n) is 5.80. The molecule has 0 radical (unpaired) electrons. The highest BCUT2D eigenvalue weighted by Gasteiger charge is 2.25. The van der Waals surface area contributed by atoms with Crippen LogP contribution >= 0.6 is 27.3 Å². The van der Waals surface area contributed by atoms with Gasteiger partial charge in [-0.1, -0.05) is 0 Å². The Morgan fingerprint density at radius 2 is 2.37 bits per heavy atom. The number of sulfonamides is 1. The number of thiophene rings is 1. The molecule has 1 aromatic rings. The molecule has 1 amide bonds. The molecule has 0 bridgehead atoms. The van der Waals surface area contributed by atoms with Crippen LogP contribution in [0.2, 0.25) is 0 Å². The average Bonchev–Trinajstić information content (AvgIpc) is 2.89. The summed E-state index contributed by atoms with van der Waals surface area (Å²) in [5, 5.41) is 0. The number of amides is 1.